The van der Waals surface area contributed by atoms with E-state index in [2.05, 4.69) is 54.1 Å². The zero-order valence-electron chi connectivity index (χ0n) is 25.0. The highest BCUT2D eigenvalue weighted by Gasteiger charge is 2.36. The van der Waals surface area contributed by atoms with Crippen LogP contribution in [0.2, 0.25) is 0 Å². The Morgan fingerprint density at radius 3 is 2.58 bits per heavy atom. The van der Waals surface area contributed by atoms with Gasteiger partial charge in [0.05, 0.1) is 18.1 Å². The number of benzene rings is 1. The van der Waals surface area contributed by atoms with Crippen LogP contribution in [0.1, 0.15) is 108 Å². The number of β-amino-alcohol motifs (C(OH)–C–C–N with tert-alkyl or cyclic N) is 1. The third-order valence-electron chi connectivity index (χ3n) is 9.94. The molecule has 7 nitrogen and oxygen atoms in total. The number of carboxylic acid groups (broad SMARTS) is 1. The molecule has 4 bridgehead atoms. The molecular formula is C33H55N3O4. The van der Waals surface area contributed by atoms with E-state index >= 15 is 0 Å². The molecule has 3 aliphatic heterocycles. The first-order valence-electron chi connectivity index (χ1n) is 16.1. The quantitative estimate of drug-likeness (QED) is 0.319. The summed E-state index contributed by atoms with van der Waals surface area (Å²) in [5, 5.41) is 41.9. The van der Waals surface area contributed by atoms with Crippen LogP contribution in [-0.2, 0) is 17.6 Å². The molecule has 2 saturated heterocycles. The highest BCUT2D eigenvalue weighted by atomic mass is 16.4. The molecule has 7 unspecified atom stereocenters. The van der Waals surface area contributed by atoms with E-state index in [-0.39, 0.29) is 24.1 Å². The summed E-state index contributed by atoms with van der Waals surface area (Å²) in [6.45, 7) is 5.56. The lowest BCUT2D eigenvalue weighted by Gasteiger charge is -2.42. The Morgan fingerprint density at radius 1 is 1.02 bits per heavy atom. The van der Waals surface area contributed by atoms with Crippen LogP contribution >= 0.6 is 0 Å². The van der Waals surface area contributed by atoms with Crippen LogP contribution < -0.4 is 16.0 Å². The van der Waals surface area contributed by atoms with Crippen molar-refractivity contribution in [3.8, 4) is 0 Å². The van der Waals surface area contributed by atoms with Crippen LogP contribution in [0.5, 0.6) is 0 Å². The smallest absolute Gasteiger partial charge is 0.306 e. The summed E-state index contributed by atoms with van der Waals surface area (Å²) in [6, 6.07) is 10.2. The lowest BCUT2D eigenvalue weighted by Crippen LogP contribution is -2.58. The Morgan fingerprint density at radius 2 is 1.80 bits per heavy atom. The van der Waals surface area contributed by atoms with Gasteiger partial charge in [0.2, 0.25) is 0 Å². The minimum absolute atomic E-state index is 0.128. The van der Waals surface area contributed by atoms with Gasteiger partial charge in [-0.3, -0.25) is 4.79 Å². The minimum atomic E-state index is -1.21. The molecule has 6 N–H and O–H groups in total. The van der Waals surface area contributed by atoms with Crippen LogP contribution in [0, 0.1) is 5.92 Å². The SMILES string of the molecule is CC1NC(CCC2CCCCCCC(O)(CC(=O)O)CNC3(C)CCNC(Cc4cccc(c4)C2)C3)CCC1O. The first-order valence-corrected chi connectivity index (χ1v) is 16.1. The van der Waals surface area contributed by atoms with Crippen LogP contribution in [0.15, 0.2) is 24.3 Å². The highest BCUT2D eigenvalue weighted by Crippen LogP contribution is 2.29. The van der Waals surface area contributed by atoms with Gasteiger partial charge in [0.15, 0.2) is 0 Å². The summed E-state index contributed by atoms with van der Waals surface area (Å²) in [5.41, 5.74) is 1.48. The predicted octanol–water partition coefficient (Wildman–Crippen LogP) is 4.33. The van der Waals surface area contributed by atoms with E-state index in [1.807, 2.05) is 0 Å². The monoisotopic (exact) mass is 557 g/mol. The normalized spacial score (nSPS) is 36.8. The maximum Gasteiger partial charge on any atom is 0.306 e. The van der Waals surface area contributed by atoms with E-state index in [4.69, 9.17) is 0 Å². The molecule has 2 fully saturated rings. The molecule has 1 aromatic rings. The number of aliphatic hydroxyl groups excluding tert-OH is 1. The molecule has 4 rings (SSSR count). The Bertz CT molecular complexity index is 944. The molecule has 0 aliphatic carbocycles. The molecule has 1 aromatic carbocycles. The Balaban J connectivity index is 1.45. The Hall–Kier alpha value is -1.51. The molecule has 226 valence electrons. The largest absolute Gasteiger partial charge is 0.481 e. The second-order valence-electron chi connectivity index (χ2n) is 13.7. The average Bonchev–Trinajstić information content (AvgIpc) is 2.89. The summed E-state index contributed by atoms with van der Waals surface area (Å²) < 4.78 is 0. The van der Waals surface area contributed by atoms with Gasteiger partial charge in [-0.05, 0) is 95.2 Å². The van der Waals surface area contributed by atoms with E-state index in [0.29, 0.717) is 31.0 Å². The molecule has 7 heteroatoms. The number of nitrogens with one attached hydrogen (secondary N) is 3. The third kappa shape index (κ3) is 9.80. The van der Waals surface area contributed by atoms with E-state index < -0.39 is 11.6 Å². The molecular weight excluding hydrogens is 502 g/mol. The molecule has 0 spiro atoms. The molecule has 7 atom stereocenters. The number of rotatable bonds is 5. The standard InChI is InChI=1S/C33H55N3O4/c1-24-30(37)14-13-28(36-24)12-11-25-8-5-3-4-6-15-33(40,22-31(38)39)23-35-32(2)16-17-34-29(21-32)20-27-10-7-9-26(18-25)19-27/h7,9-10,19,24-25,28-30,34-37,40H,3-6,8,11-18,20-23H2,1-2H3,(H,38,39). The maximum atomic E-state index is 11.6. The lowest BCUT2D eigenvalue weighted by atomic mass is 9.82. The van der Waals surface area contributed by atoms with Gasteiger partial charge < -0.3 is 31.3 Å². The topological polar surface area (TPSA) is 114 Å². The summed E-state index contributed by atoms with van der Waals surface area (Å²) >= 11 is 0. The molecule has 0 radical (unpaired) electrons. The third-order valence-corrected chi connectivity index (χ3v) is 9.94. The molecule has 3 aliphatic rings. The Kier molecular flexibility index (Phi) is 11.5. The van der Waals surface area contributed by atoms with Crippen molar-refractivity contribution in [3.63, 3.8) is 0 Å². The lowest BCUT2D eigenvalue weighted by molar-refractivity contribution is -0.143. The first-order chi connectivity index (χ1) is 19.1. The van der Waals surface area contributed by atoms with E-state index in [9.17, 15) is 20.1 Å². The van der Waals surface area contributed by atoms with Gasteiger partial charge in [-0.1, -0.05) is 56.4 Å². The van der Waals surface area contributed by atoms with Gasteiger partial charge >= 0.3 is 5.97 Å². The van der Waals surface area contributed by atoms with Crippen molar-refractivity contribution in [1.82, 2.24) is 16.0 Å². The fraction of sp³-hybridized carbons (Fsp3) is 0.788. The van der Waals surface area contributed by atoms with E-state index in [1.165, 1.54) is 24.0 Å². The number of aliphatic hydroxyl groups is 2. The van der Waals surface area contributed by atoms with Crippen molar-refractivity contribution in [3.05, 3.63) is 35.4 Å². The molecule has 0 aromatic heterocycles. The zero-order chi connectivity index (χ0) is 28.6. The second kappa shape index (κ2) is 14.6. The molecule has 3 heterocycles. The molecule has 0 saturated carbocycles. The van der Waals surface area contributed by atoms with Crippen LogP contribution in [0.25, 0.3) is 0 Å². The number of aliphatic carboxylic acids is 1. The van der Waals surface area contributed by atoms with Crippen molar-refractivity contribution in [2.24, 2.45) is 5.92 Å². The van der Waals surface area contributed by atoms with Crippen LogP contribution in [-0.4, -0.2) is 69.7 Å². The van der Waals surface area contributed by atoms with Crippen molar-refractivity contribution in [2.75, 3.05) is 13.1 Å². The van der Waals surface area contributed by atoms with Gasteiger partial charge in [0, 0.05) is 30.2 Å². The maximum absolute atomic E-state index is 11.6. The Labute approximate surface area is 241 Å². The first kappa shape index (κ1) is 31.4. The predicted molar refractivity (Wildman–Crippen MR) is 161 cm³/mol. The van der Waals surface area contributed by atoms with E-state index in [0.717, 1.165) is 77.2 Å². The fourth-order valence-electron chi connectivity index (χ4n) is 7.42. The number of hydrogen-bond acceptors (Lipinski definition) is 6. The zero-order valence-corrected chi connectivity index (χ0v) is 25.0. The molecule has 0 amide bonds. The van der Waals surface area contributed by atoms with Crippen LogP contribution in [0.4, 0.5) is 0 Å². The van der Waals surface area contributed by atoms with E-state index in [1.54, 1.807) is 0 Å². The fourth-order valence-corrected chi connectivity index (χ4v) is 7.42. The van der Waals surface area contributed by atoms with Crippen LogP contribution in [0.3, 0.4) is 0 Å². The summed E-state index contributed by atoms with van der Waals surface area (Å²) in [4.78, 5) is 11.6. The molecule has 40 heavy (non-hydrogen) atoms. The number of hydrogen-bond donors (Lipinski definition) is 6. The highest BCUT2D eigenvalue weighted by molar-refractivity contribution is 5.68. The summed E-state index contributed by atoms with van der Waals surface area (Å²) in [7, 11) is 0. The van der Waals surface area contributed by atoms with Gasteiger partial charge in [0.25, 0.3) is 0 Å². The van der Waals surface area contributed by atoms with Crippen molar-refractivity contribution >= 4 is 5.97 Å². The average molecular weight is 558 g/mol. The second-order valence-corrected chi connectivity index (χ2v) is 13.7. The van der Waals surface area contributed by atoms with Crippen molar-refractivity contribution in [2.45, 2.75) is 146 Å². The number of piperidine rings is 2. The van der Waals surface area contributed by atoms with Gasteiger partial charge in [0.1, 0.15) is 0 Å². The van der Waals surface area contributed by atoms with Gasteiger partial charge in [-0.15, -0.1) is 0 Å². The van der Waals surface area contributed by atoms with Crippen molar-refractivity contribution in [1.29, 1.82) is 0 Å². The number of carbonyl (C=O) groups is 1. The number of fused-ring (bicyclic) bond motifs is 4. The number of carboxylic acids is 1. The summed E-state index contributed by atoms with van der Waals surface area (Å²) in [5.74, 6) is -0.304. The van der Waals surface area contributed by atoms with Gasteiger partial charge in [-0.2, -0.15) is 0 Å². The van der Waals surface area contributed by atoms with Crippen molar-refractivity contribution < 1.29 is 20.1 Å². The minimum Gasteiger partial charge on any atom is -0.481 e. The van der Waals surface area contributed by atoms with Gasteiger partial charge in [-0.25, -0.2) is 0 Å². The summed E-state index contributed by atoms with van der Waals surface area (Å²) in [6.07, 6.45) is 13.7.